The largest absolute Gasteiger partial charge is 0.506 e. The monoisotopic (exact) mass is 347 g/mol. The Kier molecular flexibility index (Phi) is 5.43. The highest BCUT2D eigenvalue weighted by atomic mass is 16.3. The number of hydrogen-bond donors (Lipinski definition) is 3. The standard InChI is InChI=1S/C18H26N4O3/c19-18(25)14-4-3-7-22(12-14)17(24)13-20-8-10-21(11-9-20)15-5-1-2-6-16(15)23/h1-2,5-6,14,23H,3-4,7-13H2,(H2,19,25)/p+1/t14-/m0/s1. The summed E-state index contributed by atoms with van der Waals surface area (Å²) < 4.78 is 0. The topological polar surface area (TPSA) is 91.3 Å². The molecule has 4 N–H and O–H groups in total. The Bertz CT molecular complexity index is 629. The molecular weight excluding hydrogens is 320 g/mol. The van der Waals surface area contributed by atoms with Crippen LogP contribution in [-0.4, -0.2) is 67.6 Å². The summed E-state index contributed by atoms with van der Waals surface area (Å²) in [5, 5.41) is 9.97. The first-order valence-corrected chi connectivity index (χ1v) is 8.98. The van der Waals surface area contributed by atoms with E-state index in [1.807, 2.05) is 18.2 Å². The number of benzene rings is 1. The maximum Gasteiger partial charge on any atom is 0.277 e. The number of nitrogens with one attached hydrogen (secondary N) is 1. The summed E-state index contributed by atoms with van der Waals surface area (Å²) in [5.74, 6) is -0.100. The molecule has 136 valence electrons. The molecule has 0 spiro atoms. The van der Waals surface area contributed by atoms with Crippen molar-refractivity contribution in [1.29, 1.82) is 0 Å². The Morgan fingerprint density at radius 1 is 1.20 bits per heavy atom. The molecular formula is C18H27N4O3+. The van der Waals surface area contributed by atoms with Gasteiger partial charge >= 0.3 is 0 Å². The Labute approximate surface area is 148 Å². The molecule has 1 atom stereocenters. The lowest BCUT2D eigenvalue weighted by molar-refractivity contribution is -0.892. The highest BCUT2D eigenvalue weighted by molar-refractivity contribution is 5.80. The van der Waals surface area contributed by atoms with E-state index in [9.17, 15) is 14.7 Å². The number of phenolic OH excluding ortho intramolecular Hbond substituents is 1. The third kappa shape index (κ3) is 4.22. The molecule has 0 unspecified atom stereocenters. The van der Waals surface area contributed by atoms with Crippen LogP contribution >= 0.6 is 0 Å². The van der Waals surface area contributed by atoms with E-state index in [1.54, 1.807) is 11.0 Å². The number of phenols is 1. The number of likely N-dealkylation sites (tertiary alicyclic amines) is 1. The lowest BCUT2D eigenvalue weighted by Crippen LogP contribution is -3.16. The fourth-order valence-corrected chi connectivity index (χ4v) is 3.73. The van der Waals surface area contributed by atoms with Crippen molar-refractivity contribution in [3.8, 4) is 5.75 Å². The summed E-state index contributed by atoms with van der Waals surface area (Å²) in [5.41, 5.74) is 6.24. The molecule has 2 aliphatic heterocycles. The third-order valence-corrected chi connectivity index (χ3v) is 5.27. The van der Waals surface area contributed by atoms with Gasteiger partial charge in [-0.1, -0.05) is 12.1 Å². The molecule has 2 fully saturated rings. The van der Waals surface area contributed by atoms with Crippen molar-refractivity contribution >= 4 is 17.5 Å². The van der Waals surface area contributed by atoms with E-state index < -0.39 is 0 Å². The van der Waals surface area contributed by atoms with Gasteiger partial charge in [-0.2, -0.15) is 0 Å². The number of nitrogens with zero attached hydrogens (tertiary/aromatic N) is 2. The molecule has 0 radical (unpaired) electrons. The van der Waals surface area contributed by atoms with Crippen molar-refractivity contribution in [2.75, 3.05) is 50.7 Å². The molecule has 0 saturated carbocycles. The summed E-state index contributed by atoms with van der Waals surface area (Å²) >= 11 is 0. The first kappa shape index (κ1) is 17.5. The smallest absolute Gasteiger partial charge is 0.277 e. The van der Waals surface area contributed by atoms with Crippen LogP contribution in [0.3, 0.4) is 0 Å². The van der Waals surface area contributed by atoms with Crippen LogP contribution in [0.4, 0.5) is 5.69 Å². The van der Waals surface area contributed by atoms with Crippen LogP contribution in [0.2, 0.25) is 0 Å². The molecule has 3 rings (SSSR count). The number of amides is 2. The zero-order valence-electron chi connectivity index (χ0n) is 14.5. The maximum absolute atomic E-state index is 12.5. The molecule has 7 heteroatoms. The van der Waals surface area contributed by atoms with E-state index in [-0.39, 0.29) is 17.7 Å². The summed E-state index contributed by atoms with van der Waals surface area (Å²) in [4.78, 5) is 29.1. The molecule has 1 aromatic rings. The lowest BCUT2D eigenvalue weighted by Gasteiger charge is -2.36. The quantitative estimate of drug-likeness (QED) is 0.640. The SMILES string of the molecule is NC(=O)[C@H]1CCCN(C(=O)C[NH+]2CCN(c3ccccc3O)CC2)C1. The van der Waals surface area contributed by atoms with E-state index in [2.05, 4.69) is 4.90 Å². The van der Waals surface area contributed by atoms with E-state index >= 15 is 0 Å². The summed E-state index contributed by atoms with van der Waals surface area (Å²) in [6.45, 7) is 4.97. The average molecular weight is 347 g/mol. The van der Waals surface area contributed by atoms with Crippen molar-refractivity contribution in [3.05, 3.63) is 24.3 Å². The molecule has 7 nitrogen and oxygen atoms in total. The Balaban J connectivity index is 1.49. The van der Waals surface area contributed by atoms with Crippen molar-refractivity contribution in [3.63, 3.8) is 0 Å². The van der Waals surface area contributed by atoms with Gasteiger partial charge < -0.3 is 25.5 Å². The van der Waals surface area contributed by atoms with Gasteiger partial charge in [-0.25, -0.2) is 0 Å². The van der Waals surface area contributed by atoms with Crippen molar-refractivity contribution in [2.45, 2.75) is 12.8 Å². The van der Waals surface area contributed by atoms with Gasteiger partial charge in [-0.15, -0.1) is 0 Å². The minimum atomic E-state index is -0.305. The number of carbonyl (C=O) groups excluding carboxylic acids is 2. The maximum atomic E-state index is 12.5. The predicted molar refractivity (Wildman–Crippen MR) is 94.4 cm³/mol. The number of carbonyl (C=O) groups is 2. The number of primary amides is 1. The predicted octanol–water partition coefficient (Wildman–Crippen LogP) is -1.18. The molecule has 2 amide bonds. The van der Waals surface area contributed by atoms with Gasteiger partial charge in [0.2, 0.25) is 5.91 Å². The van der Waals surface area contributed by atoms with Gasteiger partial charge in [0.05, 0.1) is 37.8 Å². The Morgan fingerprint density at radius 3 is 2.60 bits per heavy atom. The summed E-state index contributed by atoms with van der Waals surface area (Å²) in [6, 6.07) is 7.35. The number of nitrogens with two attached hydrogens (primary N) is 1. The molecule has 2 saturated heterocycles. The van der Waals surface area contributed by atoms with Crippen LogP contribution in [0.15, 0.2) is 24.3 Å². The number of piperazine rings is 1. The number of para-hydroxylation sites is 2. The van der Waals surface area contributed by atoms with Gasteiger partial charge in [-0.05, 0) is 25.0 Å². The van der Waals surface area contributed by atoms with Crippen LogP contribution in [0, 0.1) is 5.92 Å². The molecule has 0 aromatic heterocycles. The van der Waals surface area contributed by atoms with Crippen LogP contribution in [0.25, 0.3) is 0 Å². The second-order valence-electron chi connectivity index (χ2n) is 6.98. The first-order chi connectivity index (χ1) is 12.0. The van der Waals surface area contributed by atoms with Crippen molar-refractivity contribution < 1.29 is 19.6 Å². The van der Waals surface area contributed by atoms with Crippen LogP contribution in [0.1, 0.15) is 12.8 Å². The molecule has 0 aliphatic carbocycles. The minimum absolute atomic E-state index is 0.108. The van der Waals surface area contributed by atoms with E-state index in [0.29, 0.717) is 18.8 Å². The van der Waals surface area contributed by atoms with Gasteiger partial charge in [-0.3, -0.25) is 9.59 Å². The van der Waals surface area contributed by atoms with Gasteiger partial charge in [0.15, 0.2) is 6.54 Å². The number of piperidine rings is 1. The number of hydrogen-bond acceptors (Lipinski definition) is 4. The average Bonchev–Trinajstić information content (AvgIpc) is 2.63. The number of aromatic hydroxyl groups is 1. The molecule has 2 heterocycles. The first-order valence-electron chi connectivity index (χ1n) is 8.98. The second kappa shape index (κ2) is 7.74. The zero-order chi connectivity index (χ0) is 17.8. The molecule has 25 heavy (non-hydrogen) atoms. The lowest BCUT2D eigenvalue weighted by atomic mass is 9.97. The highest BCUT2D eigenvalue weighted by Crippen LogP contribution is 2.26. The van der Waals surface area contributed by atoms with Crippen molar-refractivity contribution in [1.82, 2.24) is 4.90 Å². The molecule has 1 aromatic carbocycles. The Morgan fingerprint density at radius 2 is 1.92 bits per heavy atom. The van der Waals surface area contributed by atoms with Gasteiger partial charge in [0, 0.05) is 13.1 Å². The normalized spacial score (nSPS) is 22.0. The third-order valence-electron chi connectivity index (χ3n) is 5.27. The zero-order valence-corrected chi connectivity index (χ0v) is 14.5. The number of anilines is 1. The second-order valence-corrected chi connectivity index (χ2v) is 6.98. The van der Waals surface area contributed by atoms with Crippen LogP contribution in [-0.2, 0) is 9.59 Å². The summed E-state index contributed by atoms with van der Waals surface area (Å²) in [7, 11) is 0. The van der Waals surface area contributed by atoms with Crippen molar-refractivity contribution in [2.24, 2.45) is 11.7 Å². The fourth-order valence-electron chi connectivity index (χ4n) is 3.73. The van der Waals surface area contributed by atoms with Gasteiger partial charge in [0.25, 0.3) is 5.91 Å². The van der Waals surface area contributed by atoms with Gasteiger partial charge in [0.1, 0.15) is 5.75 Å². The molecule has 0 bridgehead atoms. The van der Waals surface area contributed by atoms with Crippen LogP contribution in [0.5, 0.6) is 5.75 Å². The van der Waals surface area contributed by atoms with E-state index in [4.69, 9.17) is 5.73 Å². The highest BCUT2D eigenvalue weighted by Gasteiger charge is 2.30. The van der Waals surface area contributed by atoms with E-state index in [0.717, 1.165) is 51.3 Å². The number of quaternary nitrogens is 1. The van der Waals surface area contributed by atoms with E-state index in [1.165, 1.54) is 4.90 Å². The van der Waals surface area contributed by atoms with Crippen LogP contribution < -0.4 is 15.5 Å². The number of rotatable bonds is 4. The summed E-state index contributed by atoms with van der Waals surface area (Å²) in [6.07, 6.45) is 1.63. The molecule has 2 aliphatic rings. The Hall–Kier alpha value is -2.28. The minimum Gasteiger partial charge on any atom is -0.506 e. The fraction of sp³-hybridized carbons (Fsp3) is 0.556.